The highest BCUT2D eigenvalue weighted by Crippen LogP contribution is 2.08. The first-order chi connectivity index (χ1) is 4.66. The lowest BCUT2D eigenvalue weighted by atomic mass is 10.1. The summed E-state index contributed by atoms with van der Waals surface area (Å²) in [7, 11) is 0. The van der Waals surface area contributed by atoms with Gasteiger partial charge < -0.3 is 0 Å². The maximum Gasteiger partial charge on any atom is 0.00660 e. The standard InChI is InChI=1S/C9H15Br/c1-8(2)7-9(3)5-4-6-10/h5H,1,4,6-7H2,2-3H3. The van der Waals surface area contributed by atoms with E-state index in [0.717, 1.165) is 18.2 Å². The van der Waals surface area contributed by atoms with Crippen LogP contribution in [0.3, 0.4) is 0 Å². The van der Waals surface area contributed by atoms with Gasteiger partial charge in [0.15, 0.2) is 0 Å². The molecule has 0 nitrogen and oxygen atoms in total. The fraction of sp³-hybridized carbons (Fsp3) is 0.556. The summed E-state index contributed by atoms with van der Waals surface area (Å²) in [6.07, 6.45) is 4.43. The summed E-state index contributed by atoms with van der Waals surface area (Å²) in [5.41, 5.74) is 2.66. The first kappa shape index (κ1) is 9.96. The van der Waals surface area contributed by atoms with Gasteiger partial charge in [0.25, 0.3) is 0 Å². The molecule has 58 valence electrons. The first-order valence-corrected chi connectivity index (χ1v) is 4.65. The number of alkyl halides is 1. The van der Waals surface area contributed by atoms with Crippen molar-refractivity contribution in [3.8, 4) is 0 Å². The third-order valence-electron chi connectivity index (χ3n) is 1.18. The van der Waals surface area contributed by atoms with Crippen LogP contribution in [0, 0.1) is 0 Å². The molecule has 0 fully saturated rings. The van der Waals surface area contributed by atoms with Crippen molar-refractivity contribution in [2.45, 2.75) is 26.7 Å². The molecule has 0 atom stereocenters. The Labute approximate surface area is 72.1 Å². The molecule has 0 heterocycles. The molecule has 0 aliphatic rings. The predicted molar refractivity (Wildman–Crippen MR) is 51.6 cm³/mol. The quantitative estimate of drug-likeness (QED) is 0.483. The Morgan fingerprint density at radius 3 is 2.50 bits per heavy atom. The van der Waals surface area contributed by atoms with E-state index in [0.29, 0.717) is 0 Å². The molecule has 0 aromatic rings. The highest BCUT2D eigenvalue weighted by molar-refractivity contribution is 9.09. The highest BCUT2D eigenvalue weighted by Gasteiger charge is 1.88. The Bertz CT molecular complexity index is 134. The normalized spacial score (nSPS) is 11.7. The number of halogens is 1. The zero-order valence-corrected chi connectivity index (χ0v) is 8.37. The highest BCUT2D eigenvalue weighted by atomic mass is 79.9. The van der Waals surface area contributed by atoms with Crippen molar-refractivity contribution in [2.75, 3.05) is 5.33 Å². The second-order valence-electron chi connectivity index (χ2n) is 2.66. The van der Waals surface area contributed by atoms with Crippen molar-refractivity contribution in [3.05, 3.63) is 23.8 Å². The molecule has 0 aliphatic heterocycles. The van der Waals surface area contributed by atoms with E-state index in [4.69, 9.17) is 0 Å². The molecule has 0 N–H and O–H groups in total. The van der Waals surface area contributed by atoms with E-state index in [1.807, 2.05) is 0 Å². The zero-order chi connectivity index (χ0) is 7.98. The van der Waals surface area contributed by atoms with Gasteiger partial charge in [0.2, 0.25) is 0 Å². The third kappa shape index (κ3) is 6.09. The molecule has 0 bridgehead atoms. The van der Waals surface area contributed by atoms with Crippen molar-refractivity contribution in [1.82, 2.24) is 0 Å². The molecule has 1 heteroatoms. The molecule has 0 saturated heterocycles. The third-order valence-corrected chi connectivity index (χ3v) is 1.64. The van der Waals surface area contributed by atoms with Crippen LogP contribution >= 0.6 is 15.9 Å². The summed E-state index contributed by atoms with van der Waals surface area (Å²) in [6, 6.07) is 0. The van der Waals surface area contributed by atoms with E-state index in [1.165, 1.54) is 11.1 Å². The minimum Gasteiger partial charge on any atom is -0.0998 e. The van der Waals surface area contributed by atoms with Crippen LogP contribution in [0.2, 0.25) is 0 Å². The van der Waals surface area contributed by atoms with Crippen molar-refractivity contribution in [2.24, 2.45) is 0 Å². The van der Waals surface area contributed by atoms with Crippen molar-refractivity contribution in [3.63, 3.8) is 0 Å². The Hall–Kier alpha value is -0.0400. The molecule has 0 amide bonds. The van der Waals surface area contributed by atoms with Crippen LogP contribution in [0.15, 0.2) is 23.8 Å². The van der Waals surface area contributed by atoms with Gasteiger partial charge in [0.05, 0.1) is 0 Å². The predicted octanol–water partition coefficient (Wildman–Crippen LogP) is 3.68. The SMILES string of the molecule is C=C(C)CC(C)=CCCBr. The maximum atomic E-state index is 3.85. The van der Waals surface area contributed by atoms with Crippen LogP contribution in [0.1, 0.15) is 26.7 Å². The molecule has 0 radical (unpaired) electrons. The Balaban J connectivity index is 3.59. The molecule has 0 aromatic carbocycles. The summed E-state index contributed by atoms with van der Waals surface area (Å²) in [6.45, 7) is 8.06. The summed E-state index contributed by atoms with van der Waals surface area (Å²) in [5, 5.41) is 1.06. The van der Waals surface area contributed by atoms with E-state index >= 15 is 0 Å². The molecule has 10 heavy (non-hydrogen) atoms. The lowest BCUT2D eigenvalue weighted by Crippen LogP contribution is -1.78. The summed E-state index contributed by atoms with van der Waals surface area (Å²) in [4.78, 5) is 0. The van der Waals surface area contributed by atoms with Crippen molar-refractivity contribution < 1.29 is 0 Å². The van der Waals surface area contributed by atoms with E-state index < -0.39 is 0 Å². The van der Waals surface area contributed by atoms with E-state index in [-0.39, 0.29) is 0 Å². The van der Waals surface area contributed by atoms with E-state index in [1.54, 1.807) is 0 Å². The van der Waals surface area contributed by atoms with Gasteiger partial charge >= 0.3 is 0 Å². The van der Waals surface area contributed by atoms with Crippen molar-refractivity contribution >= 4 is 15.9 Å². The van der Waals surface area contributed by atoms with E-state index in [9.17, 15) is 0 Å². The van der Waals surface area contributed by atoms with Crippen molar-refractivity contribution in [1.29, 1.82) is 0 Å². The number of hydrogen-bond acceptors (Lipinski definition) is 0. The van der Waals surface area contributed by atoms with Gasteiger partial charge in [-0.2, -0.15) is 0 Å². The Kier molecular flexibility index (Phi) is 5.70. The van der Waals surface area contributed by atoms with E-state index in [2.05, 4.69) is 42.4 Å². The van der Waals surface area contributed by atoms with Crippen LogP contribution in [0.4, 0.5) is 0 Å². The zero-order valence-electron chi connectivity index (χ0n) is 6.78. The average Bonchev–Trinajstić information content (AvgIpc) is 1.82. The molecule has 0 unspecified atom stereocenters. The van der Waals surface area contributed by atoms with Crippen LogP contribution in [0.5, 0.6) is 0 Å². The molecule has 0 rings (SSSR count). The number of rotatable bonds is 4. The fourth-order valence-electron chi connectivity index (χ4n) is 0.849. The van der Waals surface area contributed by atoms with Gasteiger partial charge in [-0.25, -0.2) is 0 Å². The monoisotopic (exact) mass is 202 g/mol. The molecule has 0 aromatic heterocycles. The number of hydrogen-bond donors (Lipinski definition) is 0. The maximum absolute atomic E-state index is 3.85. The largest absolute Gasteiger partial charge is 0.0998 e. The minimum atomic E-state index is 1.05. The van der Waals surface area contributed by atoms with Crippen LogP contribution < -0.4 is 0 Å². The van der Waals surface area contributed by atoms with Gasteiger partial charge in [-0.1, -0.05) is 39.7 Å². The topological polar surface area (TPSA) is 0 Å². The first-order valence-electron chi connectivity index (χ1n) is 3.52. The summed E-state index contributed by atoms with van der Waals surface area (Å²) in [5.74, 6) is 0. The molecular formula is C9H15Br. The van der Waals surface area contributed by atoms with Gasteiger partial charge in [-0.05, 0) is 26.7 Å². The fourth-order valence-corrected chi connectivity index (χ4v) is 1.08. The average molecular weight is 203 g/mol. The number of allylic oxidation sites excluding steroid dienone is 3. The molecule has 0 spiro atoms. The smallest absolute Gasteiger partial charge is 0.00660 e. The Morgan fingerprint density at radius 2 is 2.10 bits per heavy atom. The second-order valence-corrected chi connectivity index (χ2v) is 3.46. The summed E-state index contributed by atoms with van der Waals surface area (Å²) < 4.78 is 0. The Morgan fingerprint density at radius 1 is 1.50 bits per heavy atom. The lowest BCUT2D eigenvalue weighted by molar-refractivity contribution is 1.08. The molecule has 0 saturated carbocycles. The van der Waals surface area contributed by atoms with Crippen LogP contribution in [0.25, 0.3) is 0 Å². The molecule has 0 aliphatic carbocycles. The van der Waals surface area contributed by atoms with Crippen LogP contribution in [-0.2, 0) is 0 Å². The lowest BCUT2D eigenvalue weighted by Gasteiger charge is -1.98. The minimum absolute atomic E-state index is 1.05. The second kappa shape index (κ2) is 5.72. The summed E-state index contributed by atoms with van der Waals surface area (Å²) >= 11 is 3.38. The van der Waals surface area contributed by atoms with Gasteiger partial charge in [-0.3, -0.25) is 0 Å². The van der Waals surface area contributed by atoms with Gasteiger partial charge in [0, 0.05) is 5.33 Å². The molecular weight excluding hydrogens is 188 g/mol. The van der Waals surface area contributed by atoms with Gasteiger partial charge in [-0.15, -0.1) is 0 Å². The van der Waals surface area contributed by atoms with Gasteiger partial charge in [0.1, 0.15) is 0 Å². The van der Waals surface area contributed by atoms with Crippen LogP contribution in [-0.4, -0.2) is 5.33 Å².